The fraction of sp³-hybridized carbons (Fsp3) is 0.556. The van der Waals surface area contributed by atoms with Crippen molar-refractivity contribution >= 4 is 17.5 Å². The van der Waals surface area contributed by atoms with Crippen LogP contribution < -0.4 is 10.6 Å². The largest absolute Gasteiger partial charge is 0.373 e. The second kappa shape index (κ2) is 7.77. The first kappa shape index (κ1) is 16.9. The Morgan fingerprint density at radius 3 is 2.50 bits per heavy atom. The van der Waals surface area contributed by atoms with Gasteiger partial charge in [0.15, 0.2) is 0 Å². The van der Waals surface area contributed by atoms with Gasteiger partial charge in [-0.05, 0) is 37.0 Å². The van der Waals surface area contributed by atoms with Crippen molar-refractivity contribution in [3.8, 4) is 0 Å². The van der Waals surface area contributed by atoms with Gasteiger partial charge in [-0.1, -0.05) is 12.1 Å². The fourth-order valence-corrected chi connectivity index (χ4v) is 3.37. The van der Waals surface area contributed by atoms with Crippen molar-refractivity contribution in [2.24, 2.45) is 0 Å². The quantitative estimate of drug-likeness (QED) is 0.879. The van der Waals surface area contributed by atoms with E-state index in [0.717, 1.165) is 30.5 Å². The highest BCUT2D eigenvalue weighted by Crippen LogP contribution is 2.26. The van der Waals surface area contributed by atoms with Gasteiger partial charge in [0.1, 0.15) is 0 Å². The summed E-state index contributed by atoms with van der Waals surface area (Å²) in [5.74, 6) is -0.0903. The van der Waals surface area contributed by atoms with Crippen molar-refractivity contribution in [2.45, 2.75) is 50.9 Å². The Hall–Kier alpha value is -1.92. The van der Waals surface area contributed by atoms with Crippen molar-refractivity contribution in [3.05, 3.63) is 29.8 Å². The molecule has 1 aromatic rings. The summed E-state index contributed by atoms with van der Waals surface area (Å²) < 4.78 is 11.4. The Bertz CT molecular complexity index is 587. The average Bonchev–Trinajstić information content (AvgIpc) is 2.56. The van der Waals surface area contributed by atoms with Gasteiger partial charge in [0.05, 0.1) is 31.8 Å². The lowest BCUT2D eigenvalue weighted by molar-refractivity contribution is -0.158. The number of benzene rings is 1. The normalized spacial score (nSPS) is 26.3. The van der Waals surface area contributed by atoms with Crippen molar-refractivity contribution in [3.63, 3.8) is 0 Å². The molecule has 2 fully saturated rings. The summed E-state index contributed by atoms with van der Waals surface area (Å²) in [5.41, 5.74) is 1.66. The zero-order chi connectivity index (χ0) is 16.9. The molecule has 2 aliphatic rings. The highest BCUT2D eigenvalue weighted by atomic mass is 16.6. The molecule has 6 heteroatoms. The Balaban J connectivity index is 1.47. The summed E-state index contributed by atoms with van der Waals surface area (Å²) in [5, 5.41) is 5.82. The standard InChI is InChI=1S/C18H24N2O4/c1-12(21)19-14-4-2-13(3-5-14)10-18(22)20-15-6-7-16-17(11-15)24-9-8-23-16/h2-5,15-17H,6-11H2,1H3,(H,19,21)(H,20,22). The minimum Gasteiger partial charge on any atom is -0.373 e. The number of nitrogens with one attached hydrogen (secondary N) is 2. The van der Waals surface area contributed by atoms with E-state index >= 15 is 0 Å². The van der Waals surface area contributed by atoms with Crippen molar-refractivity contribution in [1.29, 1.82) is 0 Å². The Kier molecular flexibility index (Phi) is 5.48. The van der Waals surface area contributed by atoms with Crippen LogP contribution in [0.5, 0.6) is 0 Å². The van der Waals surface area contributed by atoms with E-state index in [4.69, 9.17) is 9.47 Å². The van der Waals surface area contributed by atoms with Crippen molar-refractivity contribution in [1.82, 2.24) is 5.32 Å². The molecule has 24 heavy (non-hydrogen) atoms. The van der Waals surface area contributed by atoms with E-state index in [1.54, 1.807) is 0 Å². The number of fused-ring (bicyclic) bond motifs is 1. The number of ether oxygens (including phenoxy) is 2. The van der Waals surface area contributed by atoms with E-state index in [2.05, 4.69) is 10.6 Å². The lowest BCUT2D eigenvalue weighted by Gasteiger charge is -2.39. The van der Waals surface area contributed by atoms with E-state index in [0.29, 0.717) is 19.6 Å². The molecular weight excluding hydrogens is 308 g/mol. The molecule has 1 heterocycles. The molecule has 3 rings (SSSR count). The minimum atomic E-state index is -0.106. The van der Waals surface area contributed by atoms with Crippen LogP contribution in [-0.4, -0.2) is 43.3 Å². The van der Waals surface area contributed by atoms with Crippen LogP contribution in [0.15, 0.2) is 24.3 Å². The SMILES string of the molecule is CC(=O)Nc1ccc(CC(=O)NC2CCC3OCCOC3C2)cc1. The van der Waals surface area contributed by atoms with Gasteiger partial charge < -0.3 is 20.1 Å². The van der Waals surface area contributed by atoms with Gasteiger partial charge in [-0.15, -0.1) is 0 Å². The highest BCUT2D eigenvalue weighted by Gasteiger charge is 2.34. The molecule has 0 radical (unpaired) electrons. The molecule has 1 aliphatic heterocycles. The molecule has 0 aromatic heterocycles. The van der Waals surface area contributed by atoms with Crippen LogP contribution in [0.2, 0.25) is 0 Å². The van der Waals surface area contributed by atoms with Crippen LogP contribution in [-0.2, 0) is 25.5 Å². The highest BCUT2D eigenvalue weighted by molar-refractivity contribution is 5.88. The lowest BCUT2D eigenvalue weighted by atomic mass is 9.89. The predicted octanol–water partition coefficient (Wildman–Crippen LogP) is 1.64. The lowest BCUT2D eigenvalue weighted by Crippen LogP contribution is -2.49. The van der Waals surface area contributed by atoms with Crippen LogP contribution in [0, 0.1) is 0 Å². The molecule has 2 amide bonds. The van der Waals surface area contributed by atoms with E-state index in [9.17, 15) is 9.59 Å². The first-order valence-electron chi connectivity index (χ1n) is 8.49. The molecule has 1 aromatic carbocycles. The maximum Gasteiger partial charge on any atom is 0.224 e. The summed E-state index contributed by atoms with van der Waals surface area (Å²) in [6.07, 6.45) is 3.31. The number of carbonyl (C=O) groups excluding carboxylic acids is 2. The number of carbonyl (C=O) groups is 2. The van der Waals surface area contributed by atoms with E-state index in [-0.39, 0.29) is 30.1 Å². The number of anilines is 1. The van der Waals surface area contributed by atoms with Gasteiger partial charge in [-0.3, -0.25) is 9.59 Å². The summed E-state index contributed by atoms with van der Waals surface area (Å²) in [4.78, 5) is 23.3. The minimum absolute atomic E-state index is 0.0162. The van der Waals surface area contributed by atoms with Gasteiger partial charge in [-0.25, -0.2) is 0 Å². The Morgan fingerprint density at radius 1 is 1.08 bits per heavy atom. The number of rotatable bonds is 4. The maximum atomic E-state index is 12.3. The predicted molar refractivity (Wildman–Crippen MR) is 89.7 cm³/mol. The fourth-order valence-electron chi connectivity index (χ4n) is 3.37. The molecule has 6 nitrogen and oxygen atoms in total. The van der Waals surface area contributed by atoms with Gasteiger partial charge in [0.25, 0.3) is 0 Å². The van der Waals surface area contributed by atoms with Gasteiger partial charge >= 0.3 is 0 Å². The smallest absolute Gasteiger partial charge is 0.224 e. The monoisotopic (exact) mass is 332 g/mol. The Labute approximate surface area is 141 Å². The summed E-state index contributed by atoms with van der Waals surface area (Å²) in [6.45, 7) is 2.78. The second-order valence-electron chi connectivity index (χ2n) is 6.45. The third-order valence-corrected chi connectivity index (χ3v) is 4.48. The molecule has 1 aliphatic carbocycles. The first-order valence-corrected chi connectivity index (χ1v) is 8.49. The van der Waals surface area contributed by atoms with E-state index < -0.39 is 0 Å². The van der Waals surface area contributed by atoms with Crippen LogP contribution in [0.3, 0.4) is 0 Å². The topological polar surface area (TPSA) is 76.7 Å². The first-order chi connectivity index (χ1) is 11.6. The molecule has 2 N–H and O–H groups in total. The van der Waals surface area contributed by atoms with Crippen molar-refractivity contribution in [2.75, 3.05) is 18.5 Å². The van der Waals surface area contributed by atoms with E-state index in [1.807, 2.05) is 24.3 Å². The second-order valence-corrected chi connectivity index (χ2v) is 6.45. The zero-order valence-electron chi connectivity index (χ0n) is 13.9. The molecule has 0 spiro atoms. The molecule has 1 saturated carbocycles. The molecule has 0 bridgehead atoms. The number of hydrogen-bond acceptors (Lipinski definition) is 4. The Morgan fingerprint density at radius 2 is 1.79 bits per heavy atom. The summed E-state index contributed by atoms with van der Waals surface area (Å²) >= 11 is 0. The summed E-state index contributed by atoms with van der Waals surface area (Å²) in [7, 11) is 0. The zero-order valence-corrected chi connectivity index (χ0v) is 13.9. The van der Waals surface area contributed by atoms with Crippen LogP contribution >= 0.6 is 0 Å². The van der Waals surface area contributed by atoms with Crippen LogP contribution in [0.25, 0.3) is 0 Å². The third-order valence-electron chi connectivity index (χ3n) is 4.48. The molecule has 1 saturated heterocycles. The summed E-state index contributed by atoms with van der Waals surface area (Å²) in [6, 6.07) is 7.49. The number of amides is 2. The third kappa shape index (κ3) is 4.55. The molecular formula is C18H24N2O4. The average molecular weight is 332 g/mol. The molecule has 3 atom stereocenters. The number of hydrogen-bond donors (Lipinski definition) is 2. The molecule has 130 valence electrons. The van der Waals surface area contributed by atoms with Gasteiger partial charge in [-0.2, -0.15) is 0 Å². The van der Waals surface area contributed by atoms with E-state index in [1.165, 1.54) is 6.92 Å². The van der Waals surface area contributed by atoms with Crippen LogP contribution in [0.4, 0.5) is 5.69 Å². The van der Waals surface area contributed by atoms with Crippen molar-refractivity contribution < 1.29 is 19.1 Å². The van der Waals surface area contributed by atoms with Crippen LogP contribution in [0.1, 0.15) is 31.7 Å². The van der Waals surface area contributed by atoms with Gasteiger partial charge in [0.2, 0.25) is 11.8 Å². The molecule has 3 unspecified atom stereocenters. The van der Waals surface area contributed by atoms with Gasteiger partial charge in [0, 0.05) is 18.7 Å². The maximum absolute atomic E-state index is 12.3.